The number of aromatic nitrogens is 3. The van der Waals surface area contributed by atoms with Gasteiger partial charge in [-0.25, -0.2) is 5.43 Å². The third-order valence-electron chi connectivity index (χ3n) is 2.39. The van der Waals surface area contributed by atoms with Gasteiger partial charge in [-0.15, -0.1) is 6.58 Å². The van der Waals surface area contributed by atoms with Gasteiger partial charge in [-0.1, -0.05) is 18.2 Å². The zero-order chi connectivity index (χ0) is 13.7. The molecule has 0 aliphatic rings. The third-order valence-corrected chi connectivity index (χ3v) is 2.58. The number of H-pyrrole nitrogens is 2. The summed E-state index contributed by atoms with van der Waals surface area (Å²) in [5.74, 6) is 0.603. The van der Waals surface area contributed by atoms with Crippen molar-refractivity contribution in [2.75, 3.05) is 5.43 Å². The summed E-state index contributed by atoms with van der Waals surface area (Å²) < 4.78 is 0.341. The van der Waals surface area contributed by atoms with Crippen molar-refractivity contribution in [3.05, 3.63) is 46.8 Å². The topological polar surface area (TPSA) is 89.1 Å². The van der Waals surface area contributed by atoms with Crippen molar-refractivity contribution < 1.29 is 5.11 Å². The number of phenolic OH excluding ortho intramolecular Hbond substituents is 1. The van der Waals surface area contributed by atoms with Gasteiger partial charge >= 0.3 is 0 Å². The van der Waals surface area contributed by atoms with Crippen LogP contribution in [-0.4, -0.2) is 26.5 Å². The molecular weight excluding hydrogens is 262 g/mol. The minimum atomic E-state index is 0.197. The minimum absolute atomic E-state index is 0.197. The molecule has 0 radical (unpaired) electrons. The summed E-state index contributed by atoms with van der Waals surface area (Å²) in [5, 5.41) is 19.3. The summed E-state index contributed by atoms with van der Waals surface area (Å²) in [6.07, 6.45) is 3.85. The number of nitrogens with one attached hydrogen (secondary N) is 3. The maximum atomic E-state index is 10.0. The van der Waals surface area contributed by atoms with Crippen molar-refractivity contribution in [2.45, 2.75) is 6.42 Å². The molecule has 0 amide bonds. The molecule has 6 nitrogen and oxygen atoms in total. The first kappa shape index (κ1) is 13.0. The highest BCUT2D eigenvalue weighted by atomic mass is 32.1. The summed E-state index contributed by atoms with van der Waals surface area (Å²) in [4.78, 5) is 3.91. The molecule has 0 aliphatic heterocycles. The molecule has 2 rings (SSSR count). The monoisotopic (exact) mass is 275 g/mol. The van der Waals surface area contributed by atoms with Crippen molar-refractivity contribution in [3.8, 4) is 5.75 Å². The van der Waals surface area contributed by atoms with Crippen molar-refractivity contribution in [3.63, 3.8) is 0 Å². The third kappa shape index (κ3) is 3.29. The van der Waals surface area contributed by atoms with Gasteiger partial charge in [0, 0.05) is 5.56 Å². The number of allylic oxidation sites excluding steroid dienone is 1. The second-order valence-electron chi connectivity index (χ2n) is 3.73. The van der Waals surface area contributed by atoms with Crippen LogP contribution in [0.2, 0.25) is 0 Å². The maximum Gasteiger partial charge on any atom is 0.238 e. The van der Waals surface area contributed by atoms with Gasteiger partial charge in [0.2, 0.25) is 10.7 Å². The lowest BCUT2D eigenvalue weighted by atomic mass is 10.1. The van der Waals surface area contributed by atoms with Gasteiger partial charge in [-0.3, -0.25) is 10.2 Å². The number of para-hydroxylation sites is 1. The number of hydrogen-bond donors (Lipinski definition) is 4. The smallest absolute Gasteiger partial charge is 0.238 e. The van der Waals surface area contributed by atoms with Crippen LogP contribution in [0.5, 0.6) is 5.75 Å². The SMILES string of the molecule is C=CCc1cccc(/C=N/Nc2nc(=S)[nH][nH]2)c1O. The van der Waals surface area contributed by atoms with Crippen LogP contribution in [0.4, 0.5) is 5.95 Å². The predicted molar refractivity (Wildman–Crippen MR) is 77.0 cm³/mol. The van der Waals surface area contributed by atoms with Gasteiger partial charge in [-0.05, 0) is 30.3 Å². The molecule has 98 valence electrons. The molecule has 0 fully saturated rings. The lowest BCUT2D eigenvalue weighted by Gasteiger charge is -2.04. The van der Waals surface area contributed by atoms with E-state index in [2.05, 4.69) is 32.3 Å². The van der Waals surface area contributed by atoms with Gasteiger partial charge in [0.1, 0.15) is 5.75 Å². The summed E-state index contributed by atoms with van der Waals surface area (Å²) in [7, 11) is 0. The number of hydrazone groups is 1. The number of rotatable bonds is 5. The minimum Gasteiger partial charge on any atom is -0.507 e. The summed E-state index contributed by atoms with van der Waals surface area (Å²) in [6.45, 7) is 3.65. The quantitative estimate of drug-likeness (QED) is 0.292. The fraction of sp³-hybridized carbons (Fsp3) is 0.0833. The molecule has 7 heteroatoms. The van der Waals surface area contributed by atoms with E-state index in [4.69, 9.17) is 12.2 Å². The van der Waals surface area contributed by atoms with E-state index in [1.807, 2.05) is 12.1 Å². The number of phenols is 1. The Hall–Kier alpha value is -2.41. The Balaban J connectivity index is 2.12. The fourth-order valence-electron chi connectivity index (χ4n) is 1.52. The van der Waals surface area contributed by atoms with Crippen molar-refractivity contribution in [2.24, 2.45) is 5.10 Å². The van der Waals surface area contributed by atoms with Crippen molar-refractivity contribution >= 4 is 24.4 Å². The Morgan fingerprint density at radius 3 is 3.00 bits per heavy atom. The molecule has 1 aromatic carbocycles. The van der Waals surface area contributed by atoms with E-state index in [0.29, 0.717) is 22.7 Å². The van der Waals surface area contributed by atoms with E-state index in [0.717, 1.165) is 5.56 Å². The first-order chi connectivity index (χ1) is 9.20. The second kappa shape index (κ2) is 5.96. The molecule has 0 bridgehead atoms. The Labute approximate surface area is 114 Å². The lowest BCUT2D eigenvalue weighted by molar-refractivity contribution is 0.469. The molecule has 0 atom stereocenters. The number of hydrogen-bond acceptors (Lipinski definition) is 5. The van der Waals surface area contributed by atoms with Gasteiger partial charge in [-0.2, -0.15) is 10.1 Å². The van der Waals surface area contributed by atoms with E-state index in [9.17, 15) is 5.11 Å². The number of anilines is 1. The molecule has 19 heavy (non-hydrogen) atoms. The second-order valence-corrected chi connectivity index (χ2v) is 4.12. The van der Waals surface area contributed by atoms with Crippen molar-refractivity contribution in [1.29, 1.82) is 0 Å². The van der Waals surface area contributed by atoms with E-state index in [-0.39, 0.29) is 5.75 Å². The highest BCUT2D eigenvalue weighted by molar-refractivity contribution is 7.71. The van der Waals surface area contributed by atoms with E-state index < -0.39 is 0 Å². The Kier molecular flexibility index (Phi) is 4.09. The zero-order valence-corrected chi connectivity index (χ0v) is 10.9. The molecule has 4 N–H and O–H groups in total. The Morgan fingerprint density at radius 1 is 1.47 bits per heavy atom. The molecule has 0 aliphatic carbocycles. The summed E-state index contributed by atoms with van der Waals surface area (Å²) in [5.41, 5.74) is 4.08. The Morgan fingerprint density at radius 2 is 2.32 bits per heavy atom. The van der Waals surface area contributed by atoms with Crippen LogP contribution >= 0.6 is 12.2 Å². The van der Waals surface area contributed by atoms with Gasteiger partial charge < -0.3 is 5.11 Å². The molecule has 1 heterocycles. The molecular formula is C12H13N5OS. The predicted octanol–water partition coefficient (Wildman–Crippen LogP) is 2.35. The van der Waals surface area contributed by atoms with E-state index in [1.54, 1.807) is 12.1 Å². The number of nitrogens with zero attached hydrogens (tertiary/aromatic N) is 2. The number of aromatic hydroxyl groups is 1. The molecule has 2 aromatic rings. The normalized spacial score (nSPS) is 10.7. The first-order valence-electron chi connectivity index (χ1n) is 5.56. The molecule has 0 unspecified atom stereocenters. The zero-order valence-electron chi connectivity index (χ0n) is 10.1. The highest BCUT2D eigenvalue weighted by Crippen LogP contribution is 2.21. The maximum absolute atomic E-state index is 10.0. The van der Waals surface area contributed by atoms with Gasteiger partial charge in [0.15, 0.2) is 0 Å². The average molecular weight is 275 g/mol. The highest BCUT2D eigenvalue weighted by Gasteiger charge is 2.03. The molecule has 0 saturated heterocycles. The van der Waals surface area contributed by atoms with E-state index in [1.165, 1.54) is 6.21 Å². The first-order valence-corrected chi connectivity index (χ1v) is 5.97. The van der Waals surface area contributed by atoms with Crippen LogP contribution in [0.1, 0.15) is 11.1 Å². The van der Waals surface area contributed by atoms with Gasteiger partial charge in [0.05, 0.1) is 6.21 Å². The van der Waals surface area contributed by atoms with Crippen LogP contribution in [0.25, 0.3) is 0 Å². The van der Waals surface area contributed by atoms with Crippen LogP contribution in [-0.2, 0) is 6.42 Å². The van der Waals surface area contributed by atoms with Crippen LogP contribution < -0.4 is 5.43 Å². The summed E-state index contributed by atoms with van der Waals surface area (Å²) >= 11 is 4.80. The number of benzene rings is 1. The standard InChI is InChI=1S/C12H13N5OS/c1-2-4-8-5-3-6-9(10(8)18)7-13-15-11-14-12(19)17-16-11/h2-3,5-7,18H,1,4H2,(H3,14,15,16,17,19)/b13-7+. The Bertz CT molecular complexity index is 658. The van der Waals surface area contributed by atoms with E-state index >= 15 is 0 Å². The molecule has 0 saturated carbocycles. The average Bonchev–Trinajstić information content (AvgIpc) is 2.80. The van der Waals surface area contributed by atoms with Crippen molar-refractivity contribution in [1.82, 2.24) is 15.2 Å². The number of aromatic amines is 2. The van der Waals surface area contributed by atoms with Crippen LogP contribution in [0, 0.1) is 4.77 Å². The fourth-order valence-corrected chi connectivity index (χ4v) is 1.66. The summed E-state index contributed by atoms with van der Waals surface area (Å²) in [6, 6.07) is 5.45. The van der Waals surface area contributed by atoms with Crippen LogP contribution in [0.15, 0.2) is 36.0 Å². The molecule has 0 spiro atoms. The lowest BCUT2D eigenvalue weighted by Crippen LogP contribution is -1.94. The van der Waals surface area contributed by atoms with Crippen LogP contribution in [0.3, 0.4) is 0 Å². The largest absolute Gasteiger partial charge is 0.507 e. The molecule has 1 aromatic heterocycles. The van der Waals surface area contributed by atoms with Gasteiger partial charge in [0.25, 0.3) is 0 Å².